The lowest BCUT2D eigenvalue weighted by molar-refractivity contribution is -0.137. The molecule has 1 atom stereocenters. The Kier molecular flexibility index (Phi) is 4.94. The number of hydrogen-bond donors (Lipinski definition) is 2. The van der Waals surface area contributed by atoms with Gasteiger partial charge in [0.15, 0.2) is 0 Å². The second kappa shape index (κ2) is 7.78. The highest BCUT2D eigenvalue weighted by Crippen LogP contribution is 2.36. The number of nitrogens with one attached hydrogen (secondary N) is 2. The molecule has 0 bridgehead atoms. The lowest BCUT2D eigenvalue weighted by atomic mass is 9.94. The molecule has 6 heteroatoms. The average molecular weight is 422 g/mol. The Labute approximate surface area is 177 Å². The van der Waals surface area contributed by atoms with E-state index >= 15 is 0 Å². The van der Waals surface area contributed by atoms with Crippen molar-refractivity contribution in [3.05, 3.63) is 101 Å². The van der Waals surface area contributed by atoms with Crippen LogP contribution in [-0.4, -0.2) is 11.5 Å². The van der Waals surface area contributed by atoms with E-state index in [9.17, 15) is 13.2 Å². The first-order valence-electron chi connectivity index (χ1n) is 10.2. The van der Waals surface area contributed by atoms with Crippen LogP contribution in [0.25, 0.3) is 10.9 Å². The van der Waals surface area contributed by atoms with Crippen molar-refractivity contribution >= 4 is 10.9 Å². The molecule has 2 N–H and O–H groups in total. The molecule has 31 heavy (non-hydrogen) atoms. The predicted molar refractivity (Wildman–Crippen MR) is 114 cm³/mol. The SMILES string of the molecule is FC(F)(F)c1ccc(C2NCCc3c2[nH]c2ccc(OCc4ccccc4)cc32)cc1. The molecule has 0 saturated carbocycles. The van der Waals surface area contributed by atoms with E-state index < -0.39 is 11.7 Å². The Morgan fingerprint density at radius 1 is 0.935 bits per heavy atom. The Morgan fingerprint density at radius 2 is 1.71 bits per heavy atom. The average Bonchev–Trinajstić information content (AvgIpc) is 3.16. The first-order chi connectivity index (χ1) is 15.0. The monoisotopic (exact) mass is 422 g/mol. The number of rotatable bonds is 4. The Balaban J connectivity index is 1.44. The van der Waals surface area contributed by atoms with Gasteiger partial charge in [-0.3, -0.25) is 0 Å². The first-order valence-corrected chi connectivity index (χ1v) is 10.2. The van der Waals surface area contributed by atoms with E-state index in [0.717, 1.165) is 58.6 Å². The molecule has 1 aromatic heterocycles. The molecule has 0 spiro atoms. The molecule has 0 aliphatic carbocycles. The molecule has 158 valence electrons. The molecule has 3 aromatic carbocycles. The minimum absolute atomic E-state index is 0.174. The molecule has 3 nitrogen and oxygen atoms in total. The number of benzene rings is 3. The van der Waals surface area contributed by atoms with Crippen LogP contribution in [0.2, 0.25) is 0 Å². The van der Waals surface area contributed by atoms with Gasteiger partial charge in [-0.25, -0.2) is 0 Å². The molecule has 1 unspecified atom stereocenters. The summed E-state index contributed by atoms with van der Waals surface area (Å²) in [6, 6.07) is 21.2. The van der Waals surface area contributed by atoms with Crippen molar-refractivity contribution in [2.75, 3.05) is 6.54 Å². The van der Waals surface area contributed by atoms with Crippen molar-refractivity contribution in [3.63, 3.8) is 0 Å². The van der Waals surface area contributed by atoms with Crippen LogP contribution in [0, 0.1) is 0 Å². The van der Waals surface area contributed by atoms with Gasteiger partial charge < -0.3 is 15.0 Å². The number of halogens is 3. The molecule has 0 amide bonds. The van der Waals surface area contributed by atoms with E-state index in [4.69, 9.17) is 4.74 Å². The van der Waals surface area contributed by atoms with Crippen LogP contribution in [0.15, 0.2) is 72.8 Å². The van der Waals surface area contributed by atoms with Gasteiger partial charge in [-0.05, 0) is 53.4 Å². The highest BCUT2D eigenvalue weighted by molar-refractivity contribution is 5.86. The fourth-order valence-corrected chi connectivity index (χ4v) is 4.19. The Hall–Kier alpha value is -3.25. The van der Waals surface area contributed by atoms with Gasteiger partial charge in [0, 0.05) is 23.1 Å². The van der Waals surface area contributed by atoms with E-state index in [0.29, 0.717) is 6.61 Å². The summed E-state index contributed by atoms with van der Waals surface area (Å²) in [4.78, 5) is 3.47. The van der Waals surface area contributed by atoms with Crippen LogP contribution in [0.3, 0.4) is 0 Å². The molecule has 2 heterocycles. The van der Waals surface area contributed by atoms with Gasteiger partial charge in [-0.1, -0.05) is 42.5 Å². The summed E-state index contributed by atoms with van der Waals surface area (Å²) in [5, 5.41) is 4.52. The maximum atomic E-state index is 12.9. The van der Waals surface area contributed by atoms with E-state index in [1.54, 1.807) is 12.1 Å². The molecular weight excluding hydrogens is 401 g/mol. The normalized spacial score (nSPS) is 16.3. The summed E-state index contributed by atoms with van der Waals surface area (Å²) in [6.07, 6.45) is -3.49. The summed E-state index contributed by atoms with van der Waals surface area (Å²) >= 11 is 0. The van der Waals surface area contributed by atoms with Crippen LogP contribution in [0.5, 0.6) is 5.75 Å². The molecule has 0 saturated heterocycles. The van der Waals surface area contributed by atoms with E-state index in [-0.39, 0.29) is 6.04 Å². The highest BCUT2D eigenvalue weighted by atomic mass is 19.4. The van der Waals surface area contributed by atoms with Gasteiger partial charge >= 0.3 is 6.18 Å². The number of aromatic amines is 1. The van der Waals surface area contributed by atoms with Gasteiger partial charge in [-0.2, -0.15) is 13.2 Å². The maximum absolute atomic E-state index is 12.9. The lowest BCUT2D eigenvalue weighted by Gasteiger charge is -2.25. The van der Waals surface area contributed by atoms with E-state index in [1.165, 1.54) is 5.56 Å². The van der Waals surface area contributed by atoms with Gasteiger partial charge in [0.1, 0.15) is 12.4 Å². The summed E-state index contributed by atoms with van der Waals surface area (Å²) in [7, 11) is 0. The van der Waals surface area contributed by atoms with Gasteiger partial charge in [0.05, 0.1) is 11.6 Å². The Bertz CT molecular complexity index is 1200. The third-order valence-corrected chi connectivity index (χ3v) is 5.74. The fraction of sp³-hybridized carbons (Fsp3) is 0.200. The molecule has 1 aliphatic rings. The first kappa shape index (κ1) is 19.7. The van der Waals surface area contributed by atoms with Crippen LogP contribution >= 0.6 is 0 Å². The van der Waals surface area contributed by atoms with Crippen molar-refractivity contribution in [2.24, 2.45) is 0 Å². The largest absolute Gasteiger partial charge is 0.489 e. The lowest BCUT2D eigenvalue weighted by Crippen LogP contribution is -2.30. The fourth-order valence-electron chi connectivity index (χ4n) is 4.19. The van der Waals surface area contributed by atoms with Crippen LogP contribution < -0.4 is 10.1 Å². The minimum atomic E-state index is -4.33. The number of ether oxygens (including phenoxy) is 1. The summed E-state index contributed by atoms with van der Waals surface area (Å²) in [6.45, 7) is 1.25. The zero-order chi connectivity index (χ0) is 21.4. The molecule has 5 rings (SSSR count). The van der Waals surface area contributed by atoms with Crippen molar-refractivity contribution in [3.8, 4) is 5.75 Å². The zero-order valence-corrected chi connectivity index (χ0v) is 16.7. The molecule has 0 radical (unpaired) electrons. The highest BCUT2D eigenvalue weighted by Gasteiger charge is 2.31. The van der Waals surface area contributed by atoms with Gasteiger partial charge in [0.25, 0.3) is 0 Å². The van der Waals surface area contributed by atoms with Crippen LogP contribution in [0.1, 0.15) is 34.0 Å². The third-order valence-electron chi connectivity index (χ3n) is 5.74. The molecule has 1 aliphatic heterocycles. The quantitative estimate of drug-likeness (QED) is 0.423. The number of fused-ring (bicyclic) bond motifs is 3. The van der Waals surface area contributed by atoms with Crippen molar-refractivity contribution in [2.45, 2.75) is 25.2 Å². The number of H-pyrrole nitrogens is 1. The van der Waals surface area contributed by atoms with Crippen molar-refractivity contribution < 1.29 is 17.9 Å². The van der Waals surface area contributed by atoms with E-state index in [2.05, 4.69) is 10.3 Å². The second-order valence-corrected chi connectivity index (χ2v) is 7.76. The summed E-state index contributed by atoms with van der Waals surface area (Å²) in [5.74, 6) is 0.794. The zero-order valence-electron chi connectivity index (χ0n) is 16.7. The number of alkyl halides is 3. The minimum Gasteiger partial charge on any atom is -0.489 e. The summed E-state index contributed by atoms with van der Waals surface area (Å²) < 4.78 is 44.7. The molecule has 0 fully saturated rings. The van der Waals surface area contributed by atoms with Gasteiger partial charge in [0.2, 0.25) is 0 Å². The van der Waals surface area contributed by atoms with Crippen molar-refractivity contribution in [1.29, 1.82) is 0 Å². The van der Waals surface area contributed by atoms with Crippen LogP contribution in [-0.2, 0) is 19.2 Å². The standard InChI is InChI=1S/C25H21F3N2O/c26-25(27,28)18-8-6-17(7-9-18)23-24-20(12-13-29-23)21-14-19(10-11-22(21)30-24)31-15-16-4-2-1-3-5-16/h1-11,14,23,29-30H,12-13,15H2. The number of hydrogen-bond acceptors (Lipinski definition) is 2. The maximum Gasteiger partial charge on any atom is 0.416 e. The summed E-state index contributed by atoms with van der Waals surface area (Å²) in [5.41, 5.74) is 4.46. The van der Waals surface area contributed by atoms with Crippen LogP contribution in [0.4, 0.5) is 13.2 Å². The van der Waals surface area contributed by atoms with Gasteiger partial charge in [-0.15, -0.1) is 0 Å². The second-order valence-electron chi connectivity index (χ2n) is 7.76. The smallest absolute Gasteiger partial charge is 0.416 e. The molecular formula is C25H21F3N2O. The van der Waals surface area contributed by atoms with Crippen molar-refractivity contribution in [1.82, 2.24) is 10.3 Å². The predicted octanol–water partition coefficient (Wildman–Crippen LogP) is 6.00. The topological polar surface area (TPSA) is 37.0 Å². The van der Waals surface area contributed by atoms with E-state index in [1.807, 2.05) is 48.5 Å². The molecule has 4 aromatic rings. The number of aromatic nitrogens is 1. The third kappa shape index (κ3) is 3.91. The Morgan fingerprint density at radius 3 is 2.45 bits per heavy atom.